The third kappa shape index (κ3) is 4.84. The van der Waals surface area contributed by atoms with Crippen LogP contribution in [0.1, 0.15) is 40.3 Å². The fraction of sp³-hybridized carbons (Fsp3) is 0.207. The van der Waals surface area contributed by atoms with Gasteiger partial charge in [-0.05, 0) is 86.6 Å². The predicted octanol–water partition coefficient (Wildman–Crippen LogP) is 6.06. The van der Waals surface area contributed by atoms with Crippen LogP contribution in [-0.2, 0) is 4.79 Å². The first-order valence-corrected chi connectivity index (χ1v) is 12.9. The van der Waals surface area contributed by atoms with Gasteiger partial charge in [-0.25, -0.2) is 0 Å². The number of hydrogen-bond acceptors (Lipinski definition) is 3. The molecule has 8 heteroatoms. The Morgan fingerprint density at radius 1 is 1.05 bits per heavy atom. The van der Waals surface area contributed by atoms with Gasteiger partial charge in [0.1, 0.15) is 6.54 Å². The molecule has 3 heterocycles. The van der Waals surface area contributed by atoms with Crippen LogP contribution in [0.25, 0.3) is 5.69 Å². The van der Waals surface area contributed by atoms with Crippen LogP contribution >= 0.6 is 23.8 Å². The van der Waals surface area contributed by atoms with E-state index in [0.717, 1.165) is 44.6 Å². The third-order valence-corrected chi connectivity index (χ3v) is 7.60. The third-order valence-electron chi connectivity index (χ3n) is 6.84. The van der Waals surface area contributed by atoms with E-state index in [9.17, 15) is 4.79 Å². The molecule has 1 aliphatic rings. The highest BCUT2D eigenvalue weighted by Crippen LogP contribution is 2.41. The molecule has 2 atom stereocenters. The lowest BCUT2D eigenvalue weighted by Crippen LogP contribution is -2.37. The monoisotopic (exact) mass is 529 g/mol. The van der Waals surface area contributed by atoms with Crippen molar-refractivity contribution in [3.8, 4) is 5.69 Å². The number of rotatable bonds is 6. The quantitative estimate of drug-likeness (QED) is 0.297. The highest BCUT2D eigenvalue weighted by atomic mass is 35.5. The number of anilines is 1. The first-order valence-electron chi connectivity index (χ1n) is 12.1. The number of aryl methyl sites for hydroxylation is 1. The summed E-state index contributed by atoms with van der Waals surface area (Å²) in [6.45, 7) is 6.31. The predicted molar refractivity (Wildman–Crippen MR) is 152 cm³/mol. The molecule has 37 heavy (non-hydrogen) atoms. The van der Waals surface area contributed by atoms with E-state index in [1.807, 2.05) is 72.5 Å². The van der Waals surface area contributed by atoms with Crippen LogP contribution in [0.15, 0.2) is 79.0 Å². The van der Waals surface area contributed by atoms with Crippen LogP contribution < -0.4 is 10.6 Å². The van der Waals surface area contributed by atoms with E-state index >= 15 is 0 Å². The van der Waals surface area contributed by atoms with Crippen LogP contribution in [0.4, 0.5) is 5.69 Å². The molecule has 0 radical (unpaired) electrons. The Hall–Kier alpha value is -3.68. The van der Waals surface area contributed by atoms with Gasteiger partial charge in [0, 0.05) is 34.0 Å². The number of aromatic nitrogens is 2. The van der Waals surface area contributed by atoms with Crippen molar-refractivity contribution >= 4 is 40.5 Å². The van der Waals surface area contributed by atoms with Crippen LogP contribution in [0.3, 0.4) is 0 Å². The maximum atomic E-state index is 13.1. The van der Waals surface area contributed by atoms with Crippen LogP contribution in [-0.4, -0.2) is 32.0 Å². The molecule has 188 valence electrons. The van der Waals surface area contributed by atoms with Crippen molar-refractivity contribution in [1.29, 1.82) is 0 Å². The number of pyridine rings is 1. The molecule has 5 rings (SSSR count). The summed E-state index contributed by atoms with van der Waals surface area (Å²) < 4.78 is 2.22. The standard InChI is InChI=1S/C29H28ClN5OS/c1-18-16-22(20(3)35(18)25-14-9-12-23(30)19(25)2)28-27(24-13-7-8-15-31-24)33-29(37)34(28)17-26(36)32-21-10-5-4-6-11-21/h4-16,27-28H,17H2,1-3H3,(H,32,36)(H,33,37)/t27-,28-/m0/s1. The second-order valence-electron chi connectivity index (χ2n) is 9.21. The topological polar surface area (TPSA) is 62.2 Å². The van der Waals surface area contributed by atoms with Crippen molar-refractivity contribution < 1.29 is 4.79 Å². The SMILES string of the molecule is Cc1c(Cl)cccc1-n1c(C)cc([C@H]2[C@H](c3ccccn3)NC(=S)N2CC(=O)Nc2ccccc2)c1C. The molecule has 2 N–H and O–H groups in total. The summed E-state index contributed by atoms with van der Waals surface area (Å²) >= 11 is 12.2. The van der Waals surface area contributed by atoms with Crippen molar-refractivity contribution in [2.24, 2.45) is 0 Å². The van der Waals surface area contributed by atoms with E-state index in [0.29, 0.717) is 5.11 Å². The first-order chi connectivity index (χ1) is 17.8. The van der Waals surface area contributed by atoms with Gasteiger partial charge >= 0.3 is 0 Å². The van der Waals surface area contributed by atoms with Crippen molar-refractivity contribution in [1.82, 2.24) is 19.8 Å². The molecule has 0 unspecified atom stereocenters. The van der Waals surface area contributed by atoms with Crippen LogP contribution in [0.5, 0.6) is 0 Å². The first kappa shape index (κ1) is 25.0. The number of benzene rings is 2. The maximum Gasteiger partial charge on any atom is 0.244 e. The van der Waals surface area contributed by atoms with Gasteiger partial charge in [0.15, 0.2) is 5.11 Å². The summed E-state index contributed by atoms with van der Waals surface area (Å²) in [5.74, 6) is -0.137. The van der Waals surface area contributed by atoms with Crippen molar-refractivity contribution in [3.63, 3.8) is 0 Å². The second kappa shape index (κ2) is 10.4. The van der Waals surface area contributed by atoms with E-state index in [-0.39, 0.29) is 24.5 Å². The molecule has 0 aliphatic carbocycles. The second-order valence-corrected chi connectivity index (χ2v) is 10.0. The molecule has 0 spiro atoms. The van der Waals surface area contributed by atoms with Gasteiger partial charge in [0.25, 0.3) is 0 Å². The zero-order valence-corrected chi connectivity index (χ0v) is 22.5. The molecule has 4 aromatic rings. The number of para-hydroxylation sites is 1. The van der Waals surface area contributed by atoms with Crippen molar-refractivity contribution in [2.45, 2.75) is 32.9 Å². The average molecular weight is 530 g/mol. The maximum absolute atomic E-state index is 13.1. The van der Waals surface area contributed by atoms with Gasteiger partial charge in [0.05, 0.1) is 17.8 Å². The summed E-state index contributed by atoms with van der Waals surface area (Å²) in [5.41, 5.74) is 6.87. The Kier molecular flexibility index (Phi) is 7.00. The number of hydrogen-bond donors (Lipinski definition) is 2. The van der Waals surface area contributed by atoms with E-state index in [2.05, 4.69) is 46.2 Å². The number of amides is 1. The summed E-state index contributed by atoms with van der Waals surface area (Å²) in [6, 6.07) is 23.0. The van der Waals surface area contributed by atoms with E-state index < -0.39 is 0 Å². The fourth-order valence-electron chi connectivity index (χ4n) is 5.09. The lowest BCUT2D eigenvalue weighted by Gasteiger charge is -2.27. The fourth-order valence-corrected chi connectivity index (χ4v) is 5.56. The Labute approximate surface area is 227 Å². The molecule has 2 aromatic heterocycles. The van der Waals surface area contributed by atoms with Gasteiger partial charge in [-0.1, -0.05) is 41.9 Å². The van der Waals surface area contributed by atoms with Gasteiger partial charge in [-0.15, -0.1) is 0 Å². The number of nitrogens with one attached hydrogen (secondary N) is 2. The van der Waals surface area contributed by atoms with Crippen LogP contribution in [0, 0.1) is 20.8 Å². The van der Waals surface area contributed by atoms with Gasteiger partial charge < -0.3 is 20.1 Å². The van der Waals surface area contributed by atoms with E-state index in [1.54, 1.807) is 6.20 Å². The molecular weight excluding hydrogens is 502 g/mol. The lowest BCUT2D eigenvalue weighted by molar-refractivity contribution is -0.116. The molecule has 1 saturated heterocycles. The summed E-state index contributed by atoms with van der Waals surface area (Å²) in [6.07, 6.45) is 1.78. The minimum Gasteiger partial charge on any atom is -0.352 e. The molecule has 1 aliphatic heterocycles. The van der Waals surface area contributed by atoms with Gasteiger partial charge in [-0.2, -0.15) is 0 Å². The average Bonchev–Trinajstić information content (AvgIpc) is 3.36. The van der Waals surface area contributed by atoms with Crippen LogP contribution in [0.2, 0.25) is 5.02 Å². The molecule has 2 aromatic carbocycles. The summed E-state index contributed by atoms with van der Waals surface area (Å²) in [4.78, 5) is 19.7. The molecule has 0 bridgehead atoms. The molecule has 0 saturated carbocycles. The zero-order valence-electron chi connectivity index (χ0n) is 20.9. The Morgan fingerprint density at radius 2 is 1.81 bits per heavy atom. The van der Waals surface area contributed by atoms with E-state index in [4.69, 9.17) is 23.8 Å². The van der Waals surface area contributed by atoms with Gasteiger partial charge in [0.2, 0.25) is 5.91 Å². The summed E-state index contributed by atoms with van der Waals surface area (Å²) in [7, 11) is 0. The molecular formula is C29H28ClN5OS. The molecule has 1 amide bonds. The zero-order chi connectivity index (χ0) is 26.1. The molecule has 1 fully saturated rings. The largest absolute Gasteiger partial charge is 0.352 e. The molecule has 6 nitrogen and oxygen atoms in total. The number of nitrogens with zero attached hydrogens (tertiary/aromatic N) is 3. The number of thiocarbonyl (C=S) groups is 1. The normalized spacial score (nSPS) is 17.1. The highest BCUT2D eigenvalue weighted by Gasteiger charge is 2.42. The minimum absolute atomic E-state index is 0.106. The number of carbonyl (C=O) groups is 1. The Balaban J connectivity index is 1.56. The Morgan fingerprint density at radius 3 is 2.54 bits per heavy atom. The Bertz CT molecular complexity index is 1450. The highest BCUT2D eigenvalue weighted by molar-refractivity contribution is 7.80. The van der Waals surface area contributed by atoms with E-state index in [1.165, 1.54) is 0 Å². The summed E-state index contributed by atoms with van der Waals surface area (Å²) in [5, 5.41) is 7.67. The number of halogens is 1. The minimum atomic E-state index is -0.233. The smallest absolute Gasteiger partial charge is 0.244 e. The lowest BCUT2D eigenvalue weighted by atomic mass is 9.96. The van der Waals surface area contributed by atoms with Crippen molar-refractivity contribution in [2.75, 3.05) is 11.9 Å². The van der Waals surface area contributed by atoms with Gasteiger partial charge in [-0.3, -0.25) is 9.78 Å². The van der Waals surface area contributed by atoms with Crippen molar-refractivity contribution in [3.05, 3.63) is 112 Å². The number of carbonyl (C=O) groups excluding carboxylic acids is 1.